The van der Waals surface area contributed by atoms with Crippen LogP contribution in [-0.4, -0.2) is 34.0 Å². The van der Waals surface area contributed by atoms with Crippen molar-refractivity contribution in [2.24, 2.45) is 11.8 Å². The van der Waals surface area contributed by atoms with Crippen LogP contribution in [-0.2, 0) is 14.8 Å². The van der Waals surface area contributed by atoms with Crippen molar-refractivity contribution in [3.63, 3.8) is 0 Å². The van der Waals surface area contributed by atoms with Gasteiger partial charge in [-0.1, -0.05) is 52.0 Å². The van der Waals surface area contributed by atoms with Gasteiger partial charge in [0.15, 0.2) is 0 Å². The highest BCUT2D eigenvalue weighted by Gasteiger charge is 2.29. The monoisotopic (exact) mass is 418 g/mol. The van der Waals surface area contributed by atoms with Gasteiger partial charge in [0.25, 0.3) is 10.0 Å². The fraction of sp³-hybridized carbons (Fsp3) is 0.409. The number of rotatable bonds is 9. The number of benzene rings is 2. The zero-order chi connectivity index (χ0) is 21.6. The normalized spacial score (nSPS) is 11.7. The molecule has 1 amide bonds. The van der Waals surface area contributed by atoms with Crippen molar-refractivity contribution in [3.05, 3.63) is 54.6 Å². The highest BCUT2D eigenvalue weighted by atomic mass is 32.2. The van der Waals surface area contributed by atoms with Crippen molar-refractivity contribution in [2.75, 3.05) is 18.0 Å². The van der Waals surface area contributed by atoms with Crippen molar-refractivity contribution in [3.8, 4) is 5.75 Å². The van der Waals surface area contributed by atoms with E-state index >= 15 is 0 Å². The molecule has 0 aliphatic rings. The summed E-state index contributed by atoms with van der Waals surface area (Å²) >= 11 is 0. The van der Waals surface area contributed by atoms with Gasteiger partial charge >= 0.3 is 0 Å². The largest absolute Gasteiger partial charge is 0.497 e. The molecule has 0 fully saturated rings. The van der Waals surface area contributed by atoms with E-state index in [4.69, 9.17) is 4.74 Å². The van der Waals surface area contributed by atoms with Gasteiger partial charge in [-0.2, -0.15) is 0 Å². The Labute approximate surface area is 173 Å². The number of nitrogens with one attached hydrogen (secondary N) is 1. The lowest BCUT2D eigenvalue weighted by Crippen LogP contribution is -2.47. The van der Waals surface area contributed by atoms with Crippen LogP contribution in [0.2, 0.25) is 0 Å². The number of hydrogen-bond donors (Lipinski definition) is 1. The van der Waals surface area contributed by atoms with Gasteiger partial charge in [0, 0.05) is 12.1 Å². The number of amides is 1. The number of methoxy groups -OCH3 is 1. The Morgan fingerprint density at radius 3 is 2.17 bits per heavy atom. The van der Waals surface area contributed by atoms with Crippen LogP contribution in [0.4, 0.5) is 5.69 Å². The van der Waals surface area contributed by atoms with Gasteiger partial charge < -0.3 is 10.1 Å². The Hall–Kier alpha value is -2.54. The Balaban J connectivity index is 2.41. The van der Waals surface area contributed by atoms with Gasteiger partial charge in [0.2, 0.25) is 5.91 Å². The lowest BCUT2D eigenvalue weighted by atomic mass is 9.93. The summed E-state index contributed by atoms with van der Waals surface area (Å²) in [5, 5.41) is 2.99. The molecule has 0 radical (unpaired) electrons. The zero-order valence-electron chi connectivity index (χ0n) is 17.6. The molecule has 7 heteroatoms. The fourth-order valence-electron chi connectivity index (χ4n) is 3.27. The quantitative estimate of drug-likeness (QED) is 0.674. The van der Waals surface area contributed by atoms with E-state index in [1.807, 2.05) is 27.7 Å². The van der Waals surface area contributed by atoms with E-state index in [0.717, 1.165) is 4.31 Å². The number of sulfonamides is 1. The minimum atomic E-state index is -3.93. The van der Waals surface area contributed by atoms with Crippen LogP contribution in [0.5, 0.6) is 5.75 Å². The SMILES string of the molecule is COc1cccc(N(CC(=O)NC(C(C)C)C(C)C)S(=O)(=O)c2ccccc2)c1. The molecule has 0 saturated carbocycles. The van der Waals surface area contributed by atoms with E-state index in [1.165, 1.54) is 19.2 Å². The van der Waals surface area contributed by atoms with Gasteiger partial charge in [0.05, 0.1) is 17.7 Å². The standard InChI is InChI=1S/C22H30N2O4S/c1-16(2)22(17(3)4)23-21(25)15-24(18-10-9-11-19(14-18)28-5)29(26,27)20-12-7-6-8-13-20/h6-14,16-17,22H,15H2,1-5H3,(H,23,25). The Bertz CT molecular complexity index is 903. The van der Waals surface area contributed by atoms with Crippen molar-refractivity contribution in [2.45, 2.75) is 38.6 Å². The number of carbonyl (C=O) groups is 1. The summed E-state index contributed by atoms with van der Waals surface area (Å²) in [6, 6.07) is 14.7. The van der Waals surface area contributed by atoms with E-state index < -0.39 is 10.0 Å². The van der Waals surface area contributed by atoms with Crippen LogP contribution in [0, 0.1) is 11.8 Å². The summed E-state index contributed by atoms with van der Waals surface area (Å²) in [6.45, 7) is 7.81. The zero-order valence-corrected chi connectivity index (χ0v) is 18.4. The minimum Gasteiger partial charge on any atom is -0.497 e. The van der Waals surface area contributed by atoms with Crippen LogP contribution in [0.25, 0.3) is 0 Å². The second-order valence-corrected chi connectivity index (χ2v) is 9.47. The number of hydrogen-bond acceptors (Lipinski definition) is 4. The minimum absolute atomic E-state index is 0.0471. The molecule has 0 atom stereocenters. The van der Waals surface area contributed by atoms with Crippen LogP contribution in [0.15, 0.2) is 59.5 Å². The Morgan fingerprint density at radius 2 is 1.62 bits per heavy atom. The van der Waals surface area contributed by atoms with E-state index in [2.05, 4.69) is 5.32 Å². The van der Waals surface area contributed by atoms with E-state index in [1.54, 1.807) is 42.5 Å². The van der Waals surface area contributed by atoms with Crippen LogP contribution in [0.3, 0.4) is 0 Å². The molecular formula is C22H30N2O4S. The third kappa shape index (κ3) is 5.73. The maximum absolute atomic E-state index is 13.3. The maximum Gasteiger partial charge on any atom is 0.264 e. The van der Waals surface area contributed by atoms with Gasteiger partial charge in [-0.3, -0.25) is 9.10 Å². The molecule has 2 rings (SSSR count). The fourth-order valence-corrected chi connectivity index (χ4v) is 4.70. The molecule has 158 valence electrons. The summed E-state index contributed by atoms with van der Waals surface area (Å²) < 4.78 is 33.0. The summed E-state index contributed by atoms with van der Waals surface area (Å²) in [6.07, 6.45) is 0. The molecule has 0 heterocycles. The number of nitrogens with zero attached hydrogens (tertiary/aromatic N) is 1. The summed E-state index contributed by atoms with van der Waals surface area (Å²) in [5.74, 6) is 0.628. The molecule has 0 aliphatic carbocycles. The molecule has 0 spiro atoms. The first-order chi connectivity index (χ1) is 13.7. The maximum atomic E-state index is 13.3. The van der Waals surface area contributed by atoms with Crippen LogP contribution >= 0.6 is 0 Å². The number of anilines is 1. The molecule has 29 heavy (non-hydrogen) atoms. The highest BCUT2D eigenvalue weighted by Crippen LogP contribution is 2.27. The van der Waals surface area contributed by atoms with Crippen LogP contribution < -0.4 is 14.4 Å². The van der Waals surface area contributed by atoms with E-state index in [0.29, 0.717) is 11.4 Å². The summed E-state index contributed by atoms with van der Waals surface area (Å²) in [4.78, 5) is 13.0. The Morgan fingerprint density at radius 1 is 1.00 bits per heavy atom. The first kappa shape index (κ1) is 22.7. The first-order valence-corrected chi connectivity index (χ1v) is 11.1. The molecule has 0 aromatic heterocycles. The molecule has 0 unspecified atom stereocenters. The van der Waals surface area contributed by atoms with Crippen molar-refractivity contribution in [1.82, 2.24) is 5.32 Å². The molecule has 6 nitrogen and oxygen atoms in total. The molecule has 1 N–H and O–H groups in total. The molecule has 0 bridgehead atoms. The van der Waals surface area contributed by atoms with E-state index in [-0.39, 0.29) is 35.2 Å². The van der Waals surface area contributed by atoms with Gasteiger partial charge in [-0.15, -0.1) is 0 Å². The second kappa shape index (κ2) is 9.78. The third-order valence-electron chi connectivity index (χ3n) is 4.72. The van der Waals surface area contributed by atoms with Gasteiger partial charge in [-0.25, -0.2) is 8.42 Å². The lowest BCUT2D eigenvalue weighted by Gasteiger charge is -2.29. The van der Waals surface area contributed by atoms with E-state index in [9.17, 15) is 13.2 Å². The predicted octanol–water partition coefficient (Wildman–Crippen LogP) is 3.69. The van der Waals surface area contributed by atoms with Gasteiger partial charge in [-0.05, 0) is 36.1 Å². The summed E-state index contributed by atoms with van der Waals surface area (Å²) in [7, 11) is -2.42. The van der Waals surface area contributed by atoms with Crippen molar-refractivity contribution in [1.29, 1.82) is 0 Å². The summed E-state index contributed by atoms with van der Waals surface area (Å²) in [5.41, 5.74) is 0.369. The van der Waals surface area contributed by atoms with Gasteiger partial charge in [0.1, 0.15) is 12.3 Å². The smallest absolute Gasteiger partial charge is 0.264 e. The van der Waals surface area contributed by atoms with Crippen molar-refractivity contribution < 1.29 is 17.9 Å². The topological polar surface area (TPSA) is 75.7 Å². The molecule has 0 saturated heterocycles. The molecule has 2 aromatic carbocycles. The molecular weight excluding hydrogens is 388 g/mol. The molecule has 2 aromatic rings. The second-order valence-electron chi connectivity index (χ2n) is 7.61. The number of carbonyl (C=O) groups excluding carboxylic acids is 1. The lowest BCUT2D eigenvalue weighted by molar-refractivity contribution is -0.121. The predicted molar refractivity (Wildman–Crippen MR) is 116 cm³/mol. The number of ether oxygens (including phenoxy) is 1. The van der Waals surface area contributed by atoms with Crippen molar-refractivity contribution >= 4 is 21.6 Å². The highest BCUT2D eigenvalue weighted by molar-refractivity contribution is 7.92. The average Bonchev–Trinajstić information content (AvgIpc) is 2.70. The third-order valence-corrected chi connectivity index (χ3v) is 6.51. The Kier molecular flexibility index (Phi) is 7.67. The molecule has 0 aliphatic heterocycles. The average molecular weight is 419 g/mol. The first-order valence-electron chi connectivity index (χ1n) is 9.68. The van der Waals surface area contributed by atoms with Crippen LogP contribution in [0.1, 0.15) is 27.7 Å².